The number of thioether (sulfide) groups is 1. The van der Waals surface area contributed by atoms with Gasteiger partial charge in [-0.05, 0) is 43.3 Å². The van der Waals surface area contributed by atoms with Gasteiger partial charge in [0.05, 0.1) is 18.1 Å². The minimum atomic E-state index is 0.0463. The van der Waals surface area contributed by atoms with Crippen LogP contribution in [0.4, 0.5) is 0 Å². The van der Waals surface area contributed by atoms with Crippen LogP contribution in [-0.2, 0) is 0 Å². The van der Waals surface area contributed by atoms with Crippen LogP contribution in [0.15, 0.2) is 71.9 Å². The fourth-order valence-corrected chi connectivity index (χ4v) is 3.52. The first-order chi connectivity index (χ1) is 13.7. The minimum absolute atomic E-state index is 0.0463. The monoisotopic (exact) mass is 390 g/mol. The number of ether oxygens (including phenoxy) is 1. The fourth-order valence-electron chi connectivity index (χ4n) is 2.74. The third-order valence-corrected chi connectivity index (χ3v) is 5.04. The quantitative estimate of drug-likeness (QED) is 0.349. The molecule has 7 heteroatoms. The number of carbonyl (C=O) groups excluding carboxylic acids is 1. The van der Waals surface area contributed by atoms with Gasteiger partial charge < -0.3 is 4.74 Å². The minimum Gasteiger partial charge on any atom is -0.494 e. The summed E-state index contributed by atoms with van der Waals surface area (Å²) >= 11 is 1.33. The number of fused-ring (bicyclic) bond motifs is 1. The average Bonchev–Trinajstić information content (AvgIpc) is 3.15. The second-order valence-corrected chi connectivity index (χ2v) is 6.95. The maximum Gasteiger partial charge on any atom is 0.212 e. The molecule has 4 aromatic rings. The molecule has 0 bridgehead atoms. The van der Waals surface area contributed by atoms with Gasteiger partial charge in [0.25, 0.3) is 0 Å². The molecule has 28 heavy (non-hydrogen) atoms. The fraction of sp³-hybridized carbons (Fsp3) is 0.143. The first-order valence-electron chi connectivity index (χ1n) is 8.91. The molecule has 0 aliphatic carbocycles. The average molecular weight is 390 g/mol. The molecule has 2 aromatic heterocycles. The van der Waals surface area contributed by atoms with Crippen LogP contribution < -0.4 is 4.74 Å². The van der Waals surface area contributed by atoms with Crippen molar-refractivity contribution in [1.29, 1.82) is 0 Å². The Kier molecular flexibility index (Phi) is 5.34. The van der Waals surface area contributed by atoms with E-state index in [1.165, 1.54) is 11.8 Å². The zero-order valence-electron chi connectivity index (χ0n) is 15.3. The summed E-state index contributed by atoms with van der Waals surface area (Å²) in [5, 5.41) is 13.6. The number of hydrogen-bond acceptors (Lipinski definition) is 6. The summed E-state index contributed by atoms with van der Waals surface area (Å²) in [6.07, 6.45) is 0. The van der Waals surface area contributed by atoms with Gasteiger partial charge in [-0.3, -0.25) is 4.79 Å². The molecule has 2 aromatic carbocycles. The molecule has 0 radical (unpaired) electrons. The highest BCUT2D eigenvalue weighted by Crippen LogP contribution is 2.23. The van der Waals surface area contributed by atoms with Crippen molar-refractivity contribution in [3.63, 3.8) is 0 Å². The van der Waals surface area contributed by atoms with Gasteiger partial charge in [-0.1, -0.05) is 42.1 Å². The van der Waals surface area contributed by atoms with E-state index >= 15 is 0 Å². The molecule has 0 fully saturated rings. The van der Waals surface area contributed by atoms with E-state index in [9.17, 15) is 4.79 Å². The summed E-state index contributed by atoms with van der Waals surface area (Å²) < 4.78 is 7.16. The van der Waals surface area contributed by atoms with Crippen LogP contribution in [0.25, 0.3) is 16.9 Å². The number of Topliss-reactive ketones (excluding diaryl/α,β-unsaturated/α-hetero) is 1. The van der Waals surface area contributed by atoms with Crippen LogP contribution in [0.1, 0.15) is 17.3 Å². The smallest absolute Gasteiger partial charge is 0.212 e. The Balaban J connectivity index is 1.55. The van der Waals surface area contributed by atoms with Crippen LogP contribution >= 0.6 is 11.8 Å². The third-order valence-electron chi connectivity index (χ3n) is 4.12. The molecule has 0 spiro atoms. The highest BCUT2D eigenvalue weighted by Gasteiger charge is 2.12. The highest BCUT2D eigenvalue weighted by molar-refractivity contribution is 7.99. The molecule has 140 valence electrons. The van der Waals surface area contributed by atoms with Gasteiger partial charge in [0, 0.05) is 11.1 Å². The van der Waals surface area contributed by atoms with Crippen molar-refractivity contribution in [1.82, 2.24) is 19.8 Å². The van der Waals surface area contributed by atoms with Gasteiger partial charge in [0.15, 0.2) is 11.4 Å². The lowest BCUT2D eigenvalue weighted by Gasteiger charge is -2.05. The highest BCUT2D eigenvalue weighted by atomic mass is 32.2. The van der Waals surface area contributed by atoms with E-state index in [2.05, 4.69) is 15.3 Å². The largest absolute Gasteiger partial charge is 0.494 e. The molecule has 0 atom stereocenters. The molecule has 0 saturated carbocycles. The van der Waals surface area contributed by atoms with Gasteiger partial charge in [-0.2, -0.15) is 9.61 Å². The Morgan fingerprint density at radius 2 is 1.79 bits per heavy atom. The van der Waals surface area contributed by atoms with Crippen molar-refractivity contribution in [2.45, 2.75) is 12.1 Å². The van der Waals surface area contributed by atoms with Crippen LogP contribution in [0, 0.1) is 0 Å². The molecule has 0 aliphatic heterocycles. The Morgan fingerprint density at radius 3 is 2.54 bits per heavy atom. The third kappa shape index (κ3) is 3.89. The van der Waals surface area contributed by atoms with Gasteiger partial charge >= 0.3 is 0 Å². The molecule has 0 amide bonds. The van der Waals surface area contributed by atoms with Crippen molar-refractivity contribution >= 4 is 23.2 Å². The maximum absolute atomic E-state index is 12.3. The number of aromatic nitrogens is 4. The van der Waals surface area contributed by atoms with Gasteiger partial charge in [-0.25, -0.2) is 0 Å². The van der Waals surface area contributed by atoms with E-state index in [-0.39, 0.29) is 11.5 Å². The molecule has 6 nitrogen and oxygen atoms in total. The second kappa shape index (κ2) is 8.22. The van der Waals surface area contributed by atoms with E-state index in [1.54, 1.807) is 4.52 Å². The van der Waals surface area contributed by atoms with Crippen molar-refractivity contribution in [3.05, 3.63) is 72.3 Å². The number of carbonyl (C=O) groups is 1. The number of rotatable bonds is 7. The van der Waals surface area contributed by atoms with Crippen molar-refractivity contribution in [2.75, 3.05) is 12.4 Å². The van der Waals surface area contributed by atoms with Gasteiger partial charge in [0.2, 0.25) is 5.16 Å². The molecular formula is C21H18N4O2S. The summed E-state index contributed by atoms with van der Waals surface area (Å²) in [4.78, 5) is 12.3. The molecule has 0 saturated heterocycles. The van der Waals surface area contributed by atoms with Crippen molar-refractivity contribution < 1.29 is 9.53 Å². The number of benzene rings is 2. The maximum atomic E-state index is 12.3. The van der Waals surface area contributed by atoms with Crippen molar-refractivity contribution in [2.24, 2.45) is 0 Å². The van der Waals surface area contributed by atoms with E-state index in [0.29, 0.717) is 23.0 Å². The van der Waals surface area contributed by atoms with E-state index in [1.807, 2.05) is 73.7 Å². The summed E-state index contributed by atoms with van der Waals surface area (Å²) in [6, 6.07) is 20.8. The molecule has 0 aliphatic rings. The lowest BCUT2D eigenvalue weighted by molar-refractivity contribution is 0.102. The Hall–Kier alpha value is -3.19. The van der Waals surface area contributed by atoms with Crippen LogP contribution in [0.3, 0.4) is 0 Å². The lowest BCUT2D eigenvalue weighted by Crippen LogP contribution is -2.03. The van der Waals surface area contributed by atoms with Gasteiger partial charge in [-0.15, -0.1) is 10.2 Å². The molecular weight excluding hydrogens is 372 g/mol. The van der Waals surface area contributed by atoms with E-state index in [0.717, 1.165) is 17.0 Å². The first-order valence-corrected chi connectivity index (χ1v) is 9.90. The number of nitrogens with zero attached hydrogens (tertiary/aromatic N) is 4. The topological polar surface area (TPSA) is 69.4 Å². The van der Waals surface area contributed by atoms with Crippen LogP contribution in [0.2, 0.25) is 0 Å². The molecule has 4 rings (SSSR count). The second-order valence-electron chi connectivity index (χ2n) is 6.01. The van der Waals surface area contributed by atoms with Crippen LogP contribution in [-0.4, -0.2) is 38.0 Å². The first kappa shape index (κ1) is 18.2. The normalized spacial score (nSPS) is 10.9. The Bertz CT molecular complexity index is 1090. The standard InChI is InChI=1S/C21H18N4O2S/c1-2-27-17-10-8-15(9-11-17)18-12-13-20-22-23-21(25(20)24-18)28-14-19(26)16-6-4-3-5-7-16/h3-13H,2,14H2,1H3. The van der Waals surface area contributed by atoms with E-state index < -0.39 is 0 Å². The SMILES string of the molecule is CCOc1ccc(-c2ccc3nnc(SCC(=O)c4ccccc4)n3n2)cc1. The van der Waals surface area contributed by atoms with Crippen molar-refractivity contribution in [3.8, 4) is 17.0 Å². The molecule has 2 heterocycles. The predicted molar refractivity (Wildman–Crippen MR) is 109 cm³/mol. The summed E-state index contributed by atoms with van der Waals surface area (Å²) in [6.45, 7) is 2.59. The predicted octanol–water partition coefficient (Wildman–Crippen LogP) is 4.17. The summed E-state index contributed by atoms with van der Waals surface area (Å²) in [5.41, 5.74) is 3.10. The summed E-state index contributed by atoms with van der Waals surface area (Å²) in [5.74, 6) is 1.15. The zero-order valence-corrected chi connectivity index (χ0v) is 16.1. The van der Waals surface area contributed by atoms with E-state index in [4.69, 9.17) is 4.74 Å². The Morgan fingerprint density at radius 1 is 1.00 bits per heavy atom. The lowest BCUT2D eigenvalue weighted by atomic mass is 10.1. The number of ketones is 1. The number of hydrogen-bond donors (Lipinski definition) is 0. The molecule has 0 N–H and O–H groups in total. The van der Waals surface area contributed by atoms with Crippen LogP contribution in [0.5, 0.6) is 5.75 Å². The zero-order chi connectivity index (χ0) is 19.3. The molecule has 0 unspecified atom stereocenters. The Labute approximate surface area is 166 Å². The van der Waals surface area contributed by atoms with Gasteiger partial charge in [0.1, 0.15) is 5.75 Å². The summed E-state index contributed by atoms with van der Waals surface area (Å²) in [7, 11) is 0.